The average molecular weight is 558 g/mol. The molecule has 2 aliphatic heterocycles. The molecule has 0 spiro atoms. The number of fused-ring (bicyclic) bond motifs is 1. The first-order valence-electron chi connectivity index (χ1n) is 14.0. The molecule has 0 aromatic heterocycles. The van der Waals surface area contributed by atoms with Crippen molar-refractivity contribution in [1.29, 1.82) is 0 Å². The predicted molar refractivity (Wildman–Crippen MR) is 134 cm³/mol. The summed E-state index contributed by atoms with van der Waals surface area (Å²) in [7, 11) is 0. The van der Waals surface area contributed by atoms with Crippen LogP contribution >= 0.6 is 0 Å². The van der Waals surface area contributed by atoms with Gasteiger partial charge in [0.25, 0.3) is 5.92 Å². The molecule has 216 valence electrons. The van der Waals surface area contributed by atoms with Gasteiger partial charge in [-0.25, -0.2) is 22.0 Å². The van der Waals surface area contributed by atoms with E-state index in [0.717, 1.165) is 62.3 Å². The number of rotatable bonds is 5. The number of nitrogens with two attached hydrogens (primary N) is 1. The number of ether oxygens (including phenoxy) is 1. The van der Waals surface area contributed by atoms with Crippen LogP contribution < -0.4 is 15.8 Å². The summed E-state index contributed by atoms with van der Waals surface area (Å²) >= 11 is 0. The number of benzene rings is 1. The lowest BCUT2D eigenvalue weighted by Gasteiger charge is -2.45. The van der Waals surface area contributed by atoms with E-state index in [0.29, 0.717) is 0 Å². The molecule has 1 aromatic rings. The highest BCUT2D eigenvalue weighted by Gasteiger charge is 2.53. The molecule has 3 fully saturated rings. The van der Waals surface area contributed by atoms with Crippen LogP contribution in [0.3, 0.4) is 0 Å². The molecule has 2 saturated carbocycles. The minimum absolute atomic E-state index is 0.00759. The fourth-order valence-electron chi connectivity index (χ4n) is 6.44. The van der Waals surface area contributed by atoms with Crippen molar-refractivity contribution in [2.24, 2.45) is 17.6 Å². The highest BCUT2D eigenvalue weighted by Crippen LogP contribution is 2.50. The van der Waals surface area contributed by atoms with Gasteiger partial charge < -0.3 is 20.7 Å². The lowest BCUT2D eigenvalue weighted by Crippen LogP contribution is -2.60. The summed E-state index contributed by atoms with van der Waals surface area (Å²) in [6.07, 6.45) is 6.52. The second-order valence-electron chi connectivity index (χ2n) is 11.9. The first-order valence-corrected chi connectivity index (χ1v) is 14.0. The third kappa shape index (κ3) is 6.18. The number of alkyl halides is 4. The van der Waals surface area contributed by atoms with Crippen molar-refractivity contribution in [1.82, 2.24) is 4.90 Å². The summed E-state index contributed by atoms with van der Waals surface area (Å²) in [5, 5.41) is 2.56. The van der Waals surface area contributed by atoms with E-state index >= 15 is 4.39 Å². The number of nitrogens with one attached hydrogen (secondary N) is 1. The quantitative estimate of drug-likeness (QED) is 0.462. The van der Waals surface area contributed by atoms with Crippen molar-refractivity contribution in [3.05, 3.63) is 23.5 Å². The van der Waals surface area contributed by atoms with Gasteiger partial charge in [-0.1, -0.05) is 38.5 Å². The Kier molecular flexibility index (Phi) is 7.83. The summed E-state index contributed by atoms with van der Waals surface area (Å²) in [4.78, 5) is 27.2. The number of likely N-dealkylation sites (tertiary alicyclic amines) is 1. The fraction of sp³-hybridized carbons (Fsp3) is 0.714. The number of amides is 2. The SMILES string of the molecule is N[C@H](C(=O)Nc1cc2c(cc1F)C(C(=O)N1CC(F)(F)C1)CC(C1CC(F)(F)C1)O2)C1CCCCCCCC1. The summed E-state index contributed by atoms with van der Waals surface area (Å²) in [6.45, 7) is -1.47. The van der Waals surface area contributed by atoms with Gasteiger partial charge in [-0.2, -0.15) is 0 Å². The van der Waals surface area contributed by atoms with Crippen LogP contribution in [-0.2, 0) is 9.59 Å². The molecular formula is C28H36F5N3O3. The van der Waals surface area contributed by atoms with Crippen LogP contribution in [0.4, 0.5) is 27.6 Å². The molecule has 2 amide bonds. The Labute approximate surface area is 224 Å². The molecule has 2 aliphatic carbocycles. The largest absolute Gasteiger partial charge is 0.490 e. The third-order valence-electron chi connectivity index (χ3n) is 8.79. The van der Waals surface area contributed by atoms with Gasteiger partial charge in [0.2, 0.25) is 17.7 Å². The number of hydrogen-bond donors (Lipinski definition) is 2. The average Bonchev–Trinajstić information content (AvgIpc) is 2.99. The van der Waals surface area contributed by atoms with Gasteiger partial charge in [-0.3, -0.25) is 9.59 Å². The normalized spacial score (nSPS) is 27.9. The van der Waals surface area contributed by atoms with Crippen LogP contribution in [0.1, 0.15) is 82.1 Å². The zero-order chi connectivity index (χ0) is 27.9. The first-order chi connectivity index (χ1) is 18.4. The molecule has 4 aliphatic rings. The molecule has 1 saturated heterocycles. The van der Waals surface area contributed by atoms with Crippen LogP contribution in [0.25, 0.3) is 0 Å². The zero-order valence-corrected chi connectivity index (χ0v) is 21.9. The lowest BCUT2D eigenvalue weighted by molar-refractivity contribution is -0.170. The van der Waals surface area contributed by atoms with Crippen molar-refractivity contribution in [2.75, 3.05) is 18.4 Å². The van der Waals surface area contributed by atoms with Gasteiger partial charge in [0.15, 0.2) is 0 Å². The van der Waals surface area contributed by atoms with Crippen LogP contribution in [0.15, 0.2) is 12.1 Å². The van der Waals surface area contributed by atoms with Crippen LogP contribution in [0, 0.1) is 17.7 Å². The van der Waals surface area contributed by atoms with Gasteiger partial charge in [0.1, 0.15) is 17.7 Å². The molecule has 11 heteroatoms. The number of carbonyl (C=O) groups excluding carboxylic acids is 2. The number of halogens is 5. The maximum Gasteiger partial charge on any atom is 0.282 e. The standard InChI is InChI=1S/C28H36F5N3O3/c29-20-9-18-19(26(38)36-14-28(32,33)15-36)10-22(17-12-27(30,31)13-17)39-23(18)11-21(20)35-25(37)24(34)16-7-5-3-1-2-4-6-8-16/h9,11,16-17,19,22,24H,1-8,10,12-15,34H2,(H,35,37)/t19?,22?,24-/m0/s1. The van der Waals surface area contributed by atoms with Crippen molar-refractivity contribution in [3.63, 3.8) is 0 Å². The first kappa shape index (κ1) is 28.1. The number of nitrogens with zero attached hydrogens (tertiary/aromatic N) is 1. The molecule has 3 N–H and O–H groups in total. The van der Waals surface area contributed by atoms with E-state index in [-0.39, 0.29) is 29.3 Å². The molecular weight excluding hydrogens is 521 g/mol. The molecule has 39 heavy (non-hydrogen) atoms. The molecule has 3 atom stereocenters. The van der Waals surface area contributed by atoms with Crippen LogP contribution in [0.2, 0.25) is 0 Å². The Morgan fingerprint density at radius 3 is 2.18 bits per heavy atom. The minimum atomic E-state index is -2.98. The Morgan fingerprint density at radius 2 is 1.59 bits per heavy atom. The fourth-order valence-corrected chi connectivity index (χ4v) is 6.44. The Hall–Kier alpha value is -2.43. The third-order valence-corrected chi connectivity index (χ3v) is 8.79. The topological polar surface area (TPSA) is 84.7 Å². The highest BCUT2D eigenvalue weighted by atomic mass is 19.3. The molecule has 5 rings (SSSR count). The number of anilines is 1. The summed E-state index contributed by atoms with van der Waals surface area (Å²) < 4.78 is 75.4. The smallest absolute Gasteiger partial charge is 0.282 e. The zero-order valence-electron chi connectivity index (χ0n) is 21.9. The lowest BCUT2D eigenvalue weighted by atomic mass is 9.73. The molecule has 6 nitrogen and oxygen atoms in total. The minimum Gasteiger partial charge on any atom is -0.490 e. The second kappa shape index (κ2) is 10.9. The highest BCUT2D eigenvalue weighted by molar-refractivity contribution is 5.95. The Balaban J connectivity index is 1.35. The Morgan fingerprint density at radius 1 is 0.974 bits per heavy atom. The summed E-state index contributed by atoms with van der Waals surface area (Å²) in [6, 6.07) is 1.50. The Bertz CT molecular complexity index is 1070. The van der Waals surface area contributed by atoms with Crippen molar-refractivity contribution in [2.45, 2.75) is 101 Å². The molecule has 2 heterocycles. The monoisotopic (exact) mass is 557 g/mol. The summed E-state index contributed by atoms with van der Waals surface area (Å²) in [5.41, 5.74) is 6.28. The van der Waals surface area contributed by atoms with E-state index in [9.17, 15) is 27.2 Å². The van der Waals surface area contributed by atoms with E-state index in [4.69, 9.17) is 10.5 Å². The molecule has 0 radical (unpaired) electrons. The van der Waals surface area contributed by atoms with E-state index in [1.54, 1.807) is 0 Å². The van der Waals surface area contributed by atoms with E-state index in [1.165, 1.54) is 6.07 Å². The number of hydrogen-bond acceptors (Lipinski definition) is 4. The van der Waals surface area contributed by atoms with Gasteiger partial charge in [-0.05, 0) is 24.8 Å². The van der Waals surface area contributed by atoms with E-state index in [1.807, 2.05) is 0 Å². The molecule has 2 unspecified atom stereocenters. The molecule has 0 bridgehead atoms. The van der Waals surface area contributed by atoms with Crippen LogP contribution in [-0.4, -0.2) is 53.8 Å². The molecule has 1 aromatic carbocycles. The predicted octanol–water partition coefficient (Wildman–Crippen LogP) is 5.60. The van der Waals surface area contributed by atoms with Gasteiger partial charge in [0.05, 0.1) is 30.7 Å². The summed E-state index contributed by atoms with van der Waals surface area (Å²) in [5.74, 6) is -9.23. The second-order valence-corrected chi connectivity index (χ2v) is 11.9. The van der Waals surface area contributed by atoms with E-state index < -0.39 is 79.4 Å². The van der Waals surface area contributed by atoms with Crippen molar-refractivity contribution >= 4 is 17.5 Å². The van der Waals surface area contributed by atoms with E-state index in [2.05, 4.69) is 5.32 Å². The van der Waals surface area contributed by atoms with Gasteiger partial charge in [0, 0.05) is 36.8 Å². The maximum atomic E-state index is 15.3. The maximum absolute atomic E-state index is 15.3. The van der Waals surface area contributed by atoms with Gasteiger partial charge >= 0.3 is 0 Å². The van der Waals surface area contributed by atoms with Crippen LogP contribution in [0.5, 0.6) is 5.75 Å². The number of carbonyl (C=O) groups is 2. The van der Waals surface area contributed by atoms with Crippen molar-refractivity contribution in [3.8, 4) is 5.75 Å². The van der Waals surface area contributed by atoms with Crippen molar-refractivity contribution < 1.29 is 36.3 Å². The van der Waals surface area contributed by atoms with Gasteiger partial charge in [-0.15, -0.1) is 0 Å².